The summed E-state index contributed by atoms with van der Waals surface area (Å²) in [5.74, 6) is 1.70. The predicted octanol–water partition coefficient (Wildman–Crippen LogP) is 5.94. The van der Waals surface area contributed by atoms with E-state index in [0.717, 1.165) is 40.8 Å². The zero-order chi connectivity index (χ0) is 19.6. The van der Waals surface area contributed by atoms with Crippen molar-refractivity contribution < 1.29 is 8.98 Å². The number of nitrogens with zero attached hydrogens (tertiary/aromatic N) is 1. The van der Waals surface area contributed by atoms with Gasteiger partial charge in [-0.3, -0.25) is 4.79 Å². The van der Waals surface area contributed by atoms with Crippen molar-refractivity contribution in [1.82, 2.24) is 9.97 Å². The number of pyridine rings is 1. The van der Waals surface area contributed by atoms with Gasteiger partial charge in [-0.1, -0.05) is 31.4 Å². The second-order valence-electron chi connectivity index (χ2n) is 8.02. The number of hydrogen-bond acceptors (Lipinski definition) is 4. The van der Waals surface area contributed by atoms with Crippen LogP contribution in [0.4, 0.5) is 5.82 Å². The number of aromatic amines is 1. The van der Waals surface area contributed by atoms with Gasteiger partial charge in [-0.2, -0.15) is 0 Å². The maximum absolute atomic E-state index is 12.2. The first-order valence-electron chi connectivity index (χ1n) is 10.5. The van der Waals surface area contributed by atoms with Crippen molar-refractivity contribution in [2.75, 3.05) is 5.32 Å². The molecule has 0 radical (unpaired) electrons. The molecule has 0 spiro atoms. The SMILES string of the molecule is O=C(Nc1cc(-c2ccc(OSC3CCCCC3)cc2)c2cc[nH]c2n1)C1CC1. The fraction of sp³-hybridized carbons (Fsp3) is 0.391. The molecule has 2 fully saturated rings. The molecule has 5 rings (SSSR count). The fourth-order valence-electron chi connectivity index (χ4n) is 3.89. The van der Waals surface area contributed by atoms with Crippen molar-refractivity contribution in [3.05, 3.63) is 42.6 Å². The Morgan fingerprint density at radius 1 is 1.07 bits per heavy atom. The Hall–Kier alpha value is -2.47. The summed E-state index contributed by atoms with van der Waals surface area (Å²) in [5.41, 5.74) is 2.91. The number of fused-ring (bicyclic) bond motifs is 1. The predicted molar refractivity (Wildman–Crippen MR) is 118 cm³/mol. The molecule has 0 saturated heterocycles. The van der Waals surface area contributed by atoms with Crippen LogP contribution in [0, 0.1) is 5.92 Å². The average molecular weight is 408 g/mol. The maximum atomic E-state index is 12.2. The van der Waals surface area contributed by atoms with Crippen LogP contribution in [-0.2, 0) is 4.79 Å². The number of carbonyl (C=O) groups is 1. The zero-order valence-electron chi connectivity index (χ0n) is 16.3. The molecule has 2 heterocycles. The molecule has 2 aliphatic rings. The largest absolute Gasteiger partial charge is 0.426 e. The Labute approximate surface area is 174 Å². The van der Waals surface area contributed by atoms with Crippen LogP contribution in [-0.4, -0.2) is 21.1 Å². The molecule has 0 atom stereocenters. The van der Waals surface area contributed by atoms with Crippen LogP contribution in [0.15, 0.2) is 42.6 Å². The lowest BCUT2D eigenvalue weighted by Gasteiger charge is -2.20. The molecular weight excluding hydrogens is 382 g/mol. The van der Waals surface area contributed by atoms with E-state index in [0.29, 0.717) is 11.1 Å². The quantitative estimate of drug-likeness (QED) is 0.496. The van der Waals surface area contributed by atoms with Gasteiger partial charge in [0.1, 0.15) is 17.2 Å². The average Bonchev–Trinajstić information content (AvgIpc) is 3.51. The van der Waals surface area contributed by atoms with E-state index in [-0.39, 0.29) is 11.8 Å². The molecule has 150 valence electrons. The van der Waals surface area contributed by atoms with Gasteiger partial charge in [0.15, 0.2) is 0 Å². The third kappa shape index (κ3) is 4.27. The minimum atomic E-state index is 0.0674. The van der Waals surface area contributed by atoms with Crippen molar-refractivity contribution in [3.8, 4) is 16.9 Å². The van der Waals surface area contributed by atoms with Crippen LogP contribution >= 0.6 is 12.0 Å². The summed E-state index contributed by atoms with van der Waals surface area (Å²) in [6.07, 6.45) is 10.3. The molecule has 5 nitrogen and oxygen atoms in total. The van der Waals surface area contributed by atoms with Crippen LogP contribution < -0.4 is 9.50 Å². The van der Waals surface area contributed by atoms with Crippen molar-refractivity contribution >= 4 is 34.8 Å². The van der Waals surface area contributed by atoms with Gasteiger partial charge in [0, 0.05) is 22.8 Å². The Bertz CT molecular complexity index is 1000. The number of benzene rings is 1. The fourth-order valence-corrected chi connectivity index (χ4v) is 4.77. The van der Waals surface area contributed by atoms with E-state index in [1.54, 1.807) is 12.0 Å². The van der Waals surface area contributed by atoms with Gasteiger partial charge in [-0.05, 0) is 61.1 Å². The normalized spacial score (nSPS) is 17.4. The Morgan fingerprint density at radius 3 is 2.62 bits per heavy atom. The standard InChI is InChI=1S/C23H25N3O2S/c27-23(16-6-7-16)26-21-14-20(19-12-13-24-22(19)25-21)15-8-10-17(11-9-15)28-29-18-4-2-1-3-5-18/h8-14,16,18H,1-7H2,(H2,24,25,26,27). The molecule has 29 heavy (non-hydrogen) atoms. The molecule has 2 aromatic heterocycles. The minimum absolute atomic E-state index is 0.0674. The molecule has 0 unspecified atom stereocenters. The molecule has 2 saturated carbocycles. The lowest BCUT2D eigenvalue weighted by molar-refractivity contribution is -0.117. The van der Waals surface area contributed by atoms with Crippen LogP contribution in [0.25, 0.3) is 22.2 Å². The van der Waals surface area contributed by atoms with Gasteiger partial charge in [-0.25, -0.2) is 4.98 Å². The van der Waals surface area contributed by atoms with E-state index < -0.39 is 0 Å². The summed E-state index contributed by atoms with van der Waals surface area (Å²) in [7, 11) is 0. The second kappa shape index (κ2) is 8.11. The zero-order valence-corrected chi connectivity index (χ0v) is 17.1. The number of anilines is 1. The van der Waals surface area contributed by atoms with Crippen LogP contribution in [0.1, 0.15) is 44.9 Å². The van der Waals surface area contributed by atoms with E-state index in [2.05, 4.69) is 27.4 Å². The maximum Gasteiger partial charge on any atom is 0.228 e. The third-order valence-electron chi connectivity index (χ3n) is 5.73. The number of nitrogens with one attached hydrogen (secondary N) is 2. The minimum Gasteiger partial charge on any atom is -0.426 e. The first-order valence-corrected chi connectivity index (χ1v) is 11.3. The van der Waals surface area contributed by atoms with E-state index in [1.807, 2.05) is 30.5 Å². The van der Waals surface area contributed by atoms with Crippen LogP contribution in [0.3, 0.4) is 0 Å². The van der Waals surface area contributed by atoms with Crippen LogP contribution in [0.5, 0.6) is 5.75 Å². The van der Waals surface area contributed by atoms with Crippen molar-refractivity contribution in [1.29, 1.82) is 0 Å². The van der Waals surface area contributed by atoms with Gasteiger partial charge in [0.25, 0.3) is 0 Å². The summed E-state index contributed by atoms with van der Waals surface area (Å²) in [5, 5.41) is 4.62. The first kappa shape index (κ1) is 18.6. The molecule has 1 amide bonds. The molecule has 2 N–H and O–H groups in total. The highest BCUT2D eigenvalue weighted by Gasteiger charge is 2.30. The summed E-state index contributed by atoms with van der Waals surface area (Å²) in [6, 6.07) is 12.2. The number of carbonyl (C=O) groups excluding carboxylic acids is 1. The van der Waals surface area contributed by atoms with Crippen molar-refractivity contribution in [2.45, 2.75) is 50.2 Å². The highest BCUT2D eigenvalue weighted by Crippen LogP contribution is 2.34. The summed E-state index contributed by atoms with van der Waals surface area (Å²) < 4.78 is 5.96. The molecular formula is C23H25N3O2S. The van der Waals surface area contributed by atoms with E-state index in [1.165, 1.54) is 32.1 Å². The van der Waals surface area contributed by atoms with E-state index in [9.17, 15) is 4.79 Å². The molecule has 6 heteroatoms. The molecule has 3 aromatic rings. The molecule has 0 bridgehead atoms. The van der Waals surface area contributed by atoms with Crippen LogP contribution in [0.2, 0.25) is 0 Å². The van der Waals surface area contributed by atoms with E-state index >= 15 is 0 Å². The highest BCUT2D eigenvalue weighted by molar-refractivity contribution is 7.95. The number of hydrogen-bond donors (Lipinski definition) is 2. The molecule has 1 aromatic carbocycles. The Morgan fingerprint density at radius 2 is 1.86 bits per heavy atom. The molecule has 2 aliphatic carbocycles. The topological polar surface area (TPSA) is 67.0 Å². The number of H-pyrrole nitrogens is 1. The summed E-state index contributed by atoms with van der Waals surface area (Å²) >= 11 is 1.61. The van der Waals surface area contributed by atoms with E-state index in [4.69, 9.17) is 4.18 Å². The lowest BCUT2D eigenvalue weighted by atomic mass is 10.0. The summed E-state index contributed by atoms with van der Waals surface area (Å²) in [6.45, 7) is 0. The highest BCUT2D eigenvalue weighted by atomic mass is 32.2. The number of rotatable bonds is 6. The number of amides is 1. The lowest BCUT2D eigenvalue weighted by Crippen LogP contribution is -2.14. The second-order valence-corrected chi connectivity index (χ2v) is 9.05. The van der Waals surface area contributed by atoms with Gasteiger partial charge in [0.05, 0.1) is 12.0 Å². The van der Waals surface area contributed by atoms with Gasteiger partial charge >= 0.3 is 0 Å². The van der Waals surface area contributed by atoms with Gasteiger partial charge in [0.2, 0.25) is 5.91 Å². The molecule has 0 aliphatic heterocycles. The smallest absolute Gasteiger partial charge is 0.228 e. The Kier molecular flexibility index (Phi) is 5.19. The van der Waals surface area contributed by atoms with Crippen molar-refractivity contribution in [2.24, 2.45) is 5.92 Å². The van der Waals surface area contributed by atoms with Crippen molar-refractivity contribution in [3.63, 3.8) is 0 Å². The number of aromatic nitrogens is 2. The Balaban J connectivity index is 1.35. The van der Waals surface area contributed by atoms with Gasteiger partial charge in [-0.15, -0.1) is 0 Å². The third-order valence-corrected chi connectivity index (χ3v) is 6.76. The summed E-state index contributed by atoms with van der Waals surface area (Å²) in [4.78, 5) is 19.9. The van der Waals surface area contributed by atoms with Gasteiger partial charge < -0.3 is 14.5 Å². The monoisotopic (exact) mass is 407 g/mol. The first-order chi connectivity index (χ1) is 14.3.